The van der Waals surface area contributed by atoms with E-state index in [0.717, 1.165) is 12.7 Å². The Labute approximate surface area is 377 Å². The third-order valence-corrected chi connectivity index (χ3v) is 15.2. The van der Waals surface area contributed by atoms with Crippen LogP contribution in [0.3, 0.4) is 0 Å². The lowest BCUT2D eigenvalue weighted by Gasteiger charge is -2.30. The van der Waals surface area contributed by atoms with Gasteiger partial charge in [0.25, 0.3) is 7.47 Å². The molecule has 0 bridgehead atoms. The van der Waals surface area contributed by atoms with Gasteiger partial charge in [-0.15, -0.1) is 0 Å². The highest BCUT2D eigenvalue weighted by Crippen LogP contribution is 2.65. The van der Waals surface area contributed by atoms with E-state index in [1.165, 1.54) is 21.8 Å². The maximum atomic E-state index is 16.8. The third kappa shape index (κ3) is 10.6. The van der Waals surface area contributed by atoms with Gasteiger partial charge in [0.2, 0.25) is 19.4 Å². The molecule has 2 amide bonds. The molecule has 348 valence electrons. The molecule has 0 saturated carbocycles. The number of hydrogen-bond acceptors (Lipinski definition) is 20. The van der Waals surface area contributed by atoms with Crippen LogP contribution in [0.1, 0.15) is 43.7 Å². The first-order valence-electron chi connectivity index (χ1n) is 20.1. The molecule has 66 heavy (non-hydrogen) atoms. The molecule has 0 spiro atoms. The van der Waals surface area contributed by atoms with E-state index < -0.39 is 82.6 Å². The molecule has 1 aromatic carbocycles. The molecular weight excluding hydrogens is 933 g/mol. The van der Waals surface area contributed by atoms with Crippen LogP contribution < -0.4 is 22.1 Å². The van der Waals surface area contributed by atoms with Crippen molar-refractivity contribution in [2.45, 2.75) is 80.7 Å². The second kappa shape index (κ2) is 20.3. The van der Waals surface area contributed by atoms with Gasteiger partial charge in [-0.3, -0.25) is 32.3 Å². The number of alkyl halides is 2. The summed E-state index contributed by atoms with van der Waals surface area (Å²) in [5.74, 6) is -0.836. The lowest BCUT2D eigenvalue weighted by Crippen LogP contribution is -2.37. The van der Waals surface area contributed by atoms with Crippen LogP contribution in [0.5, 0.6) is 0 Å². The van der Waals surface area contributed by atoms with Gasteiger partial charge in [0.15, 0.2) is 47.7 Å². The first kappa shape index (κ1) is 47.2. The summed E-state index contributed by atoms with van der Waals surface area (Å²) >= 11 is 0.658. The SMILES string of the molecule is [B][P@]1(=O)OC[C@H]2O[C@@H](n3cnc4c(N)ncnc43)[C@H](F)[C@@H]2O[P@@](=O)(SCc2ccc(NC(=O)CNC(=O)CCCCCN=[N+]=[N-])cc2)OC[C@H]2O[C@@H](n3cnc4c(N)ncnc43)[C@H](F)[C@@H]2O1. The van der Waals surface area contributed by atoms with Gasteiger partial charge in [-0.2, -0.15) is 0 Å². The van der Waals surface area contributed by atoms with E-state index in [-0.39, 0.29) is 58.6 Å². The summed E-state index contributed by atoms with van der Waals surface area (Å²) in [6.07, 6.45) is -6.97. The molecule has 3 saturated heterocycles. The van der Waals surface area contributed by atoms with Crippen LogP contribution in [0.25, 0.3) is 32.8 Å². The van der Waals surface area contributed by atoms with Gasteiger partial charge in [0, 0.05) is 29.3 Å². The molecule has 6 N–H and O–H groups in total. The van der Waals surface area contributed by atoms with Crippen molar-refractivity contribution in [3.8, 4) is 0 Å². The number of benzene rings is 1. The van der Waals surface area contributed by atoms with E-state index in [4.69, 9.17) is 52.1 Å². The van der Waals surface area contributed by atoms with E-state index in [9.17, 15) is 18.7 Å². The second-order valence-electron chi connectivity index (χ2n) is 15.0. The number of imidazole rings is 2. The number of nitrogens with two attached hydrogens (primary N) is 2. The minimum Gasteiger partial charge on any atom is -0.382 e. The fourth-order valence-corrected chi connectivity index (χ4v) is 11.6. The normalized spacial score (nSPS) is 29.0. The molecule has 0 aliphatic carbocycles. The fraction of sp³-hybridized carbons (Fsp3) is 0.486. The standard InChI is InChI=1S/C35H40BF2N15O10P2S/c36-64(56)58-11-20-29(25(38)35(60-20)53-17-48-27-31(40)44-15-46-33(27)53)63-65(57,59-12-21-28(62-64)24(37)34(61-21)52-16-47-26-30(39)43-14-45-32(26)52)66-13-18-5-7-19(8-6-18)50-23(55)10-42-22(54)4-2-1-3-9-49-51-41/h5-8,14-17,20-21,24-25,28-29,34-35H,1-4,9-13H2,(H,42,54)(H,50,55)(H2,39,43,45)(H2,40,44,46)/t20-,21-,24-,25-,28-,29-,34-,35-,64+,65+/m1/s1. The van der Waals surface area contributed by atoms with Crippen LogP contribution in [0.4, 0.5) is 26.1 Å². The molecule has 3 aliphatic rings. The van der Waals surface area contributed by atoms with E-state index in [2.05, 4.69) is 50.6 Å². The summed E-state index contributed by atoms with van der Waals surface area (Å²) in [4.78, 5) is 51.8. The number of carbonyl (C=O) groups is 2. The van der Waals surface area contributed by atoms with Gasteiger partial charge in [0.05, 0.1) is 32.4 Å². The Kier molecular flexibility index (Phi) is 14.5. The van der Waals surface area contributed by atoms with Crippen molar-refractivity contribution in [1.82, 2.24) is 44.4 Å². The van der Waals surface area contributed by atoms with Crippen LogP contribution in [0, 0.1) is 0 Å². The molecule has 10 atom stereocenters. The van der Waals surface area contributed by atoms with Gasteiger partial charge in [0.1, 0.15) is 48.1 Å². The molecule has 2 radical (unpaired) electrons. The highest BCUT2D eigenvalue weighted by atomic mass is 32.7. The van der Waals surface area contributed by atoms with Crippen LogP contribution in [0.2, 0.25) is 0 Å². The van der Waals surface area contributed by atoms with Crippen molar-refractivity contribution in [3.63, 3.8) is 0 Å². The molecule has 3 fully saturated rings. The van der Waals surface area contributed by atoms with E-state index in [1.54, 1.807) is 24.3 Å². The Morgan fingerprint density at radius 1 is 0.848 bits per heavy atom. The Balaban J connectivity index is 0.995. The van der Waals surface area contributed by atoms with Gasteiger partial charge >= 0.3 is 6.80 Å². The molecule has 25 nitrogen and oxygen atoms in total. The van der Waals surface area contributed by atoms with Crippen molar-refractivity contribution in [2.75, 3.05) is 43.1 Å². The lowest BCUT2D eigenvalue weighted by atomic mass is 10.1. The number of nitrogens with one attached hydrogen (secondary N) is 2. The number of halogens is 2. The van der Waals surface area contributed by atoms with Crippen molar-refractivity contribution in [1.29, 1.82) is 0 Å². The predicted octanol–water partition coefficient (Wildman–Crippen LogP) is 4.36. The van der Waals surface area contributed by atoms with Crippen LogP contribution >= 0.6 is 25.7 Å². The smallest absolute Gasteiger partial charge is 0.382 e. The minimum absolute atomic E-state index is 0.0106. The Bertz CT molecular complexity index is 2720. The highest BCUT2D eigenvalue weighted by Gasteiger charge is 2.54. The lowest BCUT2D eigenvalue weighted by molar-refractivity contribution is -0.124. The quantitative estimate of drug-likeness (QED) is 0.0300. The number of fused-ring (bicyclic) bond motifs is 4. The van der Waals surface area contributed by atoms with Crippen molar-refractivity contribution in [2.24, 2.45) is 5.11 Å². The molecule has 8 rings (SSSR count). The number of hydrogen-bond donors (Lipinski definition) is 4. The molecule has 5 aromatic rings. The Hall–Kier alpha value is -5.34. The number of unbranched alkanes of at least 4 members (excludes halogenated alkanes) is 2. The van der Waals surface area contributed by atoms with Crippen molar-refractivity contribution >= 4 is 84.7 Å². The summed E-state index contributed by atoms with van der Waals surface area (Å²) in [6.45, 7) is -5.98. The zero-order valence-corrected chi connectivity index (χ0v) is 37.0. The topological polar surface area (TPSA) is 336 Å². The average molecular weight is 974 g/mol. The molecule has 3 aliphatic heterocycles. The first-order valence-corrected chi connectivity index (χ1v) is 24.9. The zero-order chi connectivity index (χ0) is 46.6. The van der Waals surface area contributed by atoms with Crippen molar-refractivity contribution < 1.29 is 55.1 Å². The van der Waals surface area contributed by atoms with Crippen LogP contribution in [-0.2, 0) is 52.0 Å². The zero-order valence-electron chi connectivity index (χ0n) is 34.4. The van der Waals surface area contributed by atoms with E-state index >= 15 is 8.78 Å². The number of nitrogen functional groups attached to an aromatic ring is 2. The molecular formula is C35H40BF2N15O10P2S. The number of amides is 2. The molecule has 4 aromatic heterocycles. The second-order valence-corrected chi connectivity index (χ2v) is 20.5. The number of ether oxygens (including phenoxy) is 2. The first-order chi connectivity index (χ1) is 31.7. The van der Waals surface area contributed by atoms with Crippen molar-refractivity contribution in [3.05, 3.63) is 65.6 Å². The van der Waals surface area contributed by atoms with E-state index in [0.29, 0.717) is 48.4 Å². The number of aromatic nitrogens is 8. The summed E-state index contributed by atoms with van der Waals surface area (Å²) in [5, 5.41) is 8.68. The maximum Gasteiger partial charge on any atom is 0.389 e. The monoisotopic (exact) mass is 973 g/mol. The highest BCUT2D eigenvalue weighted by molar-refractivity contribution is 8.54. The minimum atomic E-state index is -4.71. The number of azide groups is 1. The van der Waals surface area contributed by atoms with Gasteiger partial charge in [-0.25, -0.2) is 43.2 Å². The summed E-state index contributed by atoms with van der Waals surface area (Å²) in [6, 6.07) is 6.38. The Morgan fingerprint density at radius 2 is 1.44 bits per heavy atom. The van der Waals surface area contributed by atoms with Crippen LogP contribution in [-0.4, -0.2) is 121 Å². The number of nitrogens with zero attached hydrogens (tertiary/aromatic N) is 11. The largest absolute Gasteiger partial charge is 0.389 e. The molecule has 31 heteroatoms. The van der Waals surface area contributed by atoms with Gasteiger partial charge in [-0.05, 0) is 47.5 Å². The summed E-state index contributed by atoms with van der Waals surface area (Å²) < 4.78 is 99.6. The number of carbonyl (C=O) groups excluding carboxylic acids is 2. The summed E-state index contributed by atoms with van der Waals surface area (Å²) in [7, 11) is 1.29. The molecule has 0 unspecified atom stereocenters. The summed E-state index contributed by atoms with van der Waals surface area (Å²) in [5.41, 5.74) is 21.7. The number of anilines is 3. The van der Waals surface area contributed by atoms with E-state index in [1.807, 2.05) is 0 Å². The third-order valence-electron chi connectivity index (χ3n) is 10.5. The van der Waals surface area contributed by atoms with Crippen LogP contribution in [0.15, 0.2) is 54.7 Å². The van der Waals surface area contributed by atoms with Gasteiger partial charge in [-0.1, -0.05) is 23.7 Å². The molecule has 7 heterocycles. The van der Waals surface area contributed by atoms with Gasteiger partial charge < -0.3 is 40.6 Å². The maximum absolute atomic E-state index is 16.8. The average Bonchev–Trinajstić information content (AvgIpc) is 4.07. The predicted molar refractivity (Wildman–Crippen MR) is 232 cm³/mol. The fourth-order valence-electron chi connectivity index (χ4n) is 7.26. The number of rotatable bonds is 14. The Morgan fingerprint density at radius 3 is 2.05 bits per heavy atom.